The molecule has 2 heterocycles. The van der Waals surface area contributed by atoms with E-state index in [0.29, 0.717) is 51.3 Å². The van der Waals surface area contributed by atoms with Crippen molar-refractivity contribution in [2.45, 2.75) is 25.3 Å². The van der Waals surface area contributed by atoms with E-state index in [4.69, 9.17) is 32.9 Å². The first kappa shape index (κ1) is 27.0. The molecule has 0 unspecified atom stereocenters. The number of hydrogen-bond acceptors (Lipinski definition) is 7. The number of aromatic nitrogens is 4. The minimum absolute atomic E-state index is 0.135. The van der Waals surface area contributed by atoms with Gasteiger partial charge >= 0.3 is 0 Å². The van der Waals surface area contributed by atoms with Gasteiger partial charge < -0.3 is 15.1 Å². The van der Waals surface area contributed by atoms with Gasteiger partial charge in [0.1, 0.15) is 23.7 Å². The number of thioether (sulfide) groups is 1. The van der Waals surface area contributed by atoms with Crippen molar-refractivity contribution in [2.24, 2.45) is 0 Å². The highest BCUT2D eigenvalue weighted by Crippen LogP contribution is 2.41. The summed E-state index contributed by atoms with van der Waals surface area (Å²) in [5.74, 6) is 0.823. The summed E-state index contributed by atoms with van der Waals surface area (Å²) in [7, 11) is 0. The van der Waals surface area contributed by atoms with Crippen molar-refractivity contribution in [3.8, 4) is 39.8 Å². The van der Waals surface area contributed by atoms with E-state index in [2.05, 4.69) is 9.97 Å². The maximum atomic E-state index is 11.5. The molecule has 0 radical (unpaired) electrons. The van der Waals surface area contributed by atoms with E-state index in [-0.39, 0.29) is 22.5 Å². The number of aliphatic hydroxyl groups excluding tert-OH is 1. The number of hydrogen-bond donors (Lipinski definition) is 2. The maximum Gasteiger partial charge on any atom is 0.187 e. The van der Waals surface area contributed by atoms with Gasteiger partial charge in [-0.2, -0.15) is 4.73 Å². The Hall–Kier alpha value is -3.56. The lowest BCUT2D eigenvalue weighted by atomic mass is 10.1. The number of aliphatic hydroxyl groups is 1. The molecule has 0 saturated heterocycles. The summed E-state index contributed by atoms with van der Waals surface area (Å²) in [6.45, 7) is 2.15. The zero-order valence-corrected chi connectivity index (χ0v) is 23.4. The smallest absolute Gasteiger partial charge is 0.187 e. The molecule has 0 aliphatic carbocycles. The van der Waals surface area contributed by atoms with Gasteiger partial charge in [-0.3, -0.25) is 0 Å². The molecular weight excluding hydrogens is 555 g/mol. The number of halogens is 2. The normalized spacial score (nSPS) is 11.1. The van der Waals surface area contributed by atoms with Crippen molar-refractivity contribution in [3.05, 3.63) is 99.7 Å². The summed E-state index contributed by atoms with van der Waals surface area (Å²) < 4.78 is 7.10. The van der Waals surface area contributed by atoms with E-state index >= 15 is 0 Å². The maximum absolute atomic E-state index is 11.5. The predicted molar refractivity (Wildman–Crippen MR) is 155 cm³/mol. The molecule has 0 saturated carbocycles. The van der Waals surface area contributed by atoms with Crippen LogP contribution in [-0.2, 0) is 13.2 Å². The van der Waals surface area contributed by atoms with Crippen LogP contribution in [0.5, 0.6) is 5.75 Å². The first-order chi connectivity index (χ1) is 18.9. The summed E-state index contributed by atoms with van der Waals surface area (Å²) in [5.41, 5.74) is 4.86. The molecule has 0 fully saturated rings. The third-order valence-electron chi connectivity index (χ3n) is 6.12. The molecule has 39 heavy (non-hydrogen) atoms. The van der Waals surface area contributed by atoms with Crippen LogP contribution in [0.1, 0.15) is 16.7 Å². The molecule has 2 aromatic heterocycles. The van der Waals surface area contributed by atoms with Gasteiger partial charge in [0.2, 0.25) is 0 Å². The van der Waals surface area contributed by atoms with Gasteiger partial charge in [-0.05, 0) is 54.1 Å². The van der Waals surface area contributed by atoms with Gasteiger partial charge in [-0.1, -0.05) is 77.4 Å². The second-order valence-electron chi connectivity index (χ2n) is 8.72. The van der Waals surface area contributed by atoms with Crippen molar-refractivity contribution in [1.82, 2.24) is 19.7 Å². The van der Waals surface area contributed by atoms with Crippen LogP contribution >= 0.6 is 35.0 Å². The minimum atomic E-state index is -0.225. The third kappa shape index (κ3) is 5.60. The Labute approximate surface area is 240 Å². The highest BCUT2D eigenvalue weighted by molar-refractivity contribution is 7.98. The molecule has 7 nitrogen and oxygen atoms in total. The SMILES string of the molecule is CSc1nccc(-c2c(-c3ccc(C)c(OCc4ccccc4)c3)nc(-c3c(Cl)cc(CO)cc3Cl)n2O)n1. The molecule has 198 valence electrons. The molecule has 0 aliphatic rings. The fraction of sp³-hybridized carbons (Fsp3) is 0.138. The Morgan fingerprint density at radius 3 is 2.38 bits per heavy atom. The first-order valence-corrected chi connectivity index (χ1v) is 13.9. The van der Waals surface area contributed by atoms with E-state index in [0.717, 1.165) is 15.9 Å². The Kier molecular flexibility index (Phi) is 8.09. The number of rotatable bonds is 8. The van der Waals surface area contributed by atoms with Crippen molar-refractivity contribution in [1.29, 1.82) is 0 Å². The van der Waals surface area contributed by atoms with Gasteiger partial charge in [0.25, 0.3) is 0 Å². The highest BCUT2D eigenvalue weighted by Gasteiger charge is 2.26. The average molecular weight is 580 g/mol. The van der Waals surface area contributed by atoms with Gasteiger partial charge in [0, 0.05) is 11.8 Å². The van der Waals surface area contributed by atoms with E-state index in [1.54, 1.807) is 24.4 Å². The molecule has 0 bridgehead atoms. The Bertz CT molecular complexity index is 1620. The lowest BCUT2D eigenvalue weighted by Crippen LogP contribution is -2.01. The van der Waals surface area contributed by atoms with E-state index in [1.807, 2.05) is 61.7 Å². The zero-order valence-electron chi connectivity index (χ0n) is 21.1. The molecule has 2 N–H and O–H groups in total. The minimum Gasteiger partial charge on any atom is -0.489 e. The van der Waals surface area contributed by atoms with Crippen molar-refractivity contribution in [2.75, 3.05) is 6.26 Å². The van der Waals surface area contributed by atoms with Gasteiger partial charge in [0.15, 0.2) is 11.0 Å². The molecule has 3 aromatic carbocycles. The second-order valence-corrected chi connectivity index (χ2v) is 10.3. The topological polar surface area (TPSA) is 93.3 Å². The van der Waals surface area contributed by atoms with Gasteiger partial charge in [0.05, 0.1) is 27.9 Å². The predicted octanol–water partition coefficient (Wildman–Crippen LogP) is 7.32. The quantitative estimate of drug-likeness (QED) is 0.113. The standard InChI is InChI=1S/C29H24Cl2N4O3S/c1-17-8-9-20(14-24(17)38-16-18-6-4-3-5-7-18)26-27(23-10-11-32-29(33-23)39-2)35(37)28(34-26)25-21(30)12-19(15-36)13-22(25)31/h3-14,36-37H,15-16H2,1-2H3. The summed E-state index contributed by atoms with van der Waals surface area (Å²) in [5, 5.41) is 22.1. The Morgan fingerprint density at radius 2 is 1.69 bits per heavy atom. The van der Waals surface area contributed by atoms with E-state index in [9.17, 15) is 10.3 Å². The molecule has 0 atom stereocenters. The van der Waals surface area contributed by atoms with Crippen LogP contribution < -0.4 is 4.74 Å². The van der Waals surface area contributed by atoms with Crippen molar-refractivity contribution in [3.63, 3.8) is 0 Å². The molecule has 10 heteroatoms. The molecule has 5 rings (SSSR count). The summed E-state index contributed by atoms with van der Waals surface area (Å²) >= 11 is 14.5. The fourth-order valence-corrected chi connectivity index (χ4v) is 5.20. The van der Waals surface area contributed by atoms with Crippen LogP contribution in [0.3, 0.4) is 0 Å². The summed E-state index contributed by atoms with van der Waals surface area (Å²) in [4.78, 5) is 13.7. The largest absolute Gasteiger partial charge is 0.489 e. The molecule has 0 amide bonds. The monoisotopic (exact) mass is 578 g/mol. The van der Waals surface area contributed by atoms with Crippen LogP contribution in [0.15, 0.2) is 78.1 Å². The zero-order chi connectivity index (χ0) is 27.5. The molecule has 5 aromatic rings. The van der Waals surface area contributed by atoms with Gasteiger partial charge in [-0.15, -0.1) is 0 Å². The summed E-state index contributed by atoms with van der Waals surface area (Å²) in [6.07, 6.45) is 3.50. The molecule has 0 spiro atoms. The van der Waals surface area contributed by atoms with Crippen molar-refractivity contribution >= 4 is 35.0 Å². The Morgan fingerprint density at radius 1 is 0.949 bits per heavy atom. The van der Waals surface area contributed by atoms with Crippen LogP contribution in [-0.4, -0.2) is 36.3 Å². The van der Waals surface area contributed by atoms with Crippen LogP contribution in [0.2, 0.25) is 10.0 Å². The number of aryl methyl sites for hydroxylation is 1. The second kappa shape index (κ2) is 11.7. The van der Waals surface area contributed by atoms with E-state index in [1.165, 1.54) is 11.8 Å². The van der Waals surface area contributed by atoms with Crippen LogP contribution in [0.25, 0.3) is 34.0 Å². The van der Waals surface area contributed by atoms with E-state index < -0.39 is 0 Å². The third-order valence-corrected chi connectivity index (χ3v) is 7.28. The summed E-state index contributed by atoms with van der Waals surface area (Å²) in [6, 6.07) is 20.5. The first-order valence-electron chi connectivity index (χ1n) is 12.0. The van der Waals surface area contributed by atoms with Crippen LogP contribution in [0, 0.1) is 6.92 Å². The molecular formula is C29H24Cl2N4O3S. The van der Waals surface area contributed by atoms with Gasteiger partial charge in [-0.25, -0.2) is 15.0 Å². The number of ether oxygens (including phenoxy) is 1. The van der Waals surface area contributed by atoms with Crippen molar-refractivity contribution < 1.29 is 15.1 Å². The van der Waals surface area contributed by atoms with Crippen LogP contribution in [0.4, 0.5) is 0 Å². The lowest BCUT2D eigenvalue weighted by Gasteiger charge is -2.12. The lowest BCUT2D eigenvalue weighted by molar-refractivity contribution is 0.195. The number of imidazole rings is 1. The average Bonchev–Trinajstić information content (AvgIpc) is 3.29. The number of benzene rings is 3. The highest BCUT2D eigenvalue weighted by atomic mass is 35.5. The molecule has 0 aliphatic heterocycles. The fourth-order valence-electron chi connectivity index (χ4n) is 4.15. The number of nitrogens with zero attached hydrogens (tertiary/aromatic N) is 4. The Balaban J connectivity index is 1.67.